The van der Waals surface area contributed by atoms with Gasteiger partial charge in [0.1, 0.15) is 0 Å². The van der Waals surface area contributed by atoms with Crippen LogP contribution in [0.25, 0.3) is 0 Å². The van der Waals surface area contributed by atoms with Crippen LogP contribution in [-0.2, 0) is 4.79 Å². The number of hydrogen-bond acceptors (Lipinski definition) is 5. The molecule has 0 atom stereocenters. The molecule has 0 spiro atoms. The number of likely N-dealkylation sites (tertiary alicyclic amines) is 1. The number of nitrogens with zero attached hydrogens (tertiary/aromatic N) is 2. The molecular formula is C21H26N4O3S. The molecule has 154 valence electrons. The van der Waals surface area contributed by atoms with E-state index in [0.717, 1.165) is 30.8 Å². The van der Waals surface area contributed by atoms with E-state index in [1.807, 2.05) is 17.5 Å². The first-order chi connectivity index (χ1) is 13.9. The van der Waals surface area contributed by atoms with Gasteiger partial charge in [-0.1, -0.05) is 12.1 Å². The van der Waals surface area contributed by atoms with Gasteiger partial charge in [-0.05, 0) is 42.5 Å². The van der Waals surface area contributed by atoms with Crippen molar-refractivity contribution in [2.24, 2.45) is 0 Å². The summed E-state index contributed by atoms with van der Waals surface area (Å²) in [5.41, 5.74) is 1.15. The molecule has 2 aromatic rings. The van der Waals surface area contributed by atoms with Gasteiger partial charge in [0.2, 0.25) is 5.91 Å². The number of nitrogens with one attached hydrogen (secondary N) is 2. The summed E-state index contributed by atoms with van der Waals surface area (Å²) < 4.78 is 0. The van der Waals surface area contributed by atoms with Crippen LogP contribution in [0.5, 0.6) is 0 Å². The van der Waals surface area contributed by atoms with E-state index in [2.05, 4.69) is 15.5 Å². The number of anilines is 1. The number of benzene rings is 1. The maximum Gasteiger partial charge on any atom is 0.261 e. The summed E-state index contributed by atoms with van der Waals surface area (Å²) in [6, 6.07) is 10.8. The molecule has 1 saturated heterocycles. The third kappa shape index (κ3) is 5.88. The molecule has 1 aromatic carbocycles. The molecule has 3 amide bonds. The first-order valence-corrected chi connectivity index (χ1v) is 10.5. The number of hydrogen-bond donors (Lipinski definition) is 2. The minimum atomic E-state index is -0.111. The Bertz CT molecular complexity index is 859. The molecule has 1 aliphatic rings. The first kappa shape index (κ1) is 21.0. The van der Waals surface area contributed by atoms with Crippen molar-refractivity contribution in [3.05, 3.63) is 52.2 Å². The van der Waals surface area contributed by atoms with Gasteiger partial charge in [-0.2, -0.15) is 0 Å². The number of amides is 3. The second-order valence-electron chi connectivity index (χ2n) is 7.33. The molecule has 2 heterocycles. The average Bonchev–Trinajstić information content (AvgIpc) is 3.24. The Morgan fingerprint density at radius 1 is 1.14 bits per heavy atom. The minimum absolute atomic E-state index is 0.0247. The summed E-state index contributed by atoms with van der Waals surface area (Å²) in [4.78, 5) is 40.9. The maximum atomic E-state index is 12.4. The predicted octanol–water partition coefficient (Wildman–Crippen LogP) is 2.28. The van der Waals surface area contributed by atoms with Crippen molar-refractivity contribution in [1.29, 1.82) is 0 Å². The summed E-state index contributed by atoms with van der Waals surface area (Å²) in [6.07, 6.45) is 1.63. The highest BCUT2D eigenvalue weighted by Crippen LogP contribution is 2.15. The lowest BCUT2D eigenvalue weighted by Gasteiger charge is -2.31. The van der Waals surface area contributed by atoms with Gasteiger partial charge < -0.3 is 15.5 Å². The van der Waals surface area contributed by atoms with E-state index >= 15 is 0 Å². The van der Waals surface area contributed by atoms with Crippen LogP contribution >= 0.6 is 11.3 Å². The fraction of sp³-hybridized carbons (Fsp3) is 0.381. The van der Waals surface area contributed by atoms with Gasteiger partial charge in [-0.15, -0.1) is 11.3 Å². The molecule has 0 radical (unpaired) electrons. The van der Waals surface area contributed by atoms with Crippen molar-refractivity contribution in [3.8, 4) is 0 Å². The standard InChI is InChI=1S/C21H26N4O3S/c1-24(2)21(28)15-5-3-6-17(13-15)22-19(26)14-25-10-8-16(9-11-25)23-20(27)18-7-4-12-29-18/h3-7,12-13,16H,8-11,14H2,1-2H3,(H,22,26)(H,23,27). The topological polar surface area (TPSA) is 81.8 Å². The molecule has 3 rings (SSSR count). The molecule has 7 nitrogen and oxygen atoms in total. The van der Waals surface area contributed by atoms with E-state index in [0.29, 0.717) is 11.3 Å². The molecule has 0 unspecified atom stereocenters. The van der Waals surface area contributed by atoms with Gasteiger partial charge in [0.25, 0.3) is 11.8 Å². The molecule has 0 aliphatic carbocycles. The zero-order valence-corrected chi connectivity index (χ0v) is 17.5. The molecular weight excluding hydrogens is 388 g/mol. The number of carbonyl (C=O) groups is 3. The number of carbonyl (C=O) groups excluding carboxylic acids is 3. The fourth-order valence-electron chi connectivity index (χ4n) is 3.29. The lowest BCUT2D eigenvalue weighted by Crippen LogP contribution is -2.46. The zero-order valence-electron chi connectivity index (χ0n) is 16.7. The Morgan fingerprint density at radius 2 is 1.90 bits per heavy atom. The van der Waals surface area contributed by atoms with Crippen molar-refractivity contribution >= 4 is 34.7 Å². The Kier molecular flexibility index (Phi) is 7.00. The normalized spacial score (nSPS) is 15.0. The molecule has 8 heteroatoms. The van der Waals surface area contributed by atoms with Crippen LogP contribution in [0.15, 0.2) is 41.8 Å². The average molecular weight is 415 g/mol. The van der Waals surface area contributed by atoms with Crippen LogP contribution in [0.1, 0.15) is 32.9 Å². The molecule has 0 saturated carbocycles. The molecule has 0 bridgehead atoms. The van der Waals surface area contributed by atoms with E-state index in [1.54, 1.807) is 38.4 Å². The van der Waals surface area contributed by atoms with Crippen molar-refractivity contribution in [3.63, 3.8) is 0 Å². The van der Waals surface area contributed by atoms with Crippen LogP contribution in [0.4, 0.5) is 5.69 Å². The van der Waals surface area contributed by atoms with Crippen LogP contribution in [0.3, 0.4) is 0 Å². The third-order valence-corrected chi connectivity index (χ3v) is 5.70. The van der Waals surface area contributed by atoms with Crippen LogP contribution in [0.2, 0.25) is 0 Å². The highest BCUT2D eigenvalue weighted by Gasteiger charge is 2.23. The van der Waals surface area contributed by atoms with Gasteiger partial charge >= 0.3 is 0 Å². The minimum Gasteiger partial charge on any atom is -0.349 e. The number of thiophene rings is 1. The molecule has 1 aromatic heterocycles. The van der Waals surface area contributed by atoms with E-state index in [-0.39, 0.29) is 30.3 Å². The van der Waals surface area contributed by atoms with Crippen LogP contribution in [-0.4, -0.2) is 67.3 Å². The first-order valence-electron chi connectivity index (χ1n) is 9.60. The molecule has 2 N–H and O–H groups in total. The van der Waals surface area contributed by atoms with E-state index in [4.69, 9.17) is 0 Å². The Morgan fingerprint density at radius 3 is 2.55 bits per heavy atom. The number of rotatable bonds is 6. The lowest BCUT2D eigenvalue weighted by atomic mass is 10.0. The highest BCUT2D eigenvalue weighted by molar-refractivity contribution is 7.12. The smallest absolute Gasteiger partial charge is 0.261 e. The number of piperidine rings is 1. The van der Waals surface area contributed by atoms with Crippen molar-refractivity contribution in [2.45, 2.75) is 18.9 Å². The van der Waals surface area contributed by atoms with Gasteiger partial charge in [-0.25, -0.2) is 0 Å². The summed E-state index contributed by atoms with van der Waals surface area (Å²) in [7, 11) is 3.39. The van der Waals surface area contributed by atoms with Crippen molar-refractivity contribution in [2.75, 3.05) is 39.0 Å². The molecule has 29 heavy (non-hydrogen) atoms. The predicted molar refractivity (Wildman–Crippen MR) is 114 cm³/mol. The van der Waals surface area contributed by atoms with E-state index in [1.165, 1.54) is 16.2 Å². The highest BCUT2D eigenvalue weighted by atomic mass is 32.1. The monoisotopic (exact) mass is 414 g/mol. The van der Waals surface area contributed by atoms with Crippen LogP contribution in [0, 0.1) is 0 Å². The maximum absolute atomic E-state index is 12.4. The van der Waals surface area contributed by atoms with Crippen molar-refractivity contribution in [1.82, 2.24) is 15.1 Å². The SMILES string of the molecule is CN(C)C(=O)c1cccc(NC(=O)CN2CCC(NC(=O)c3cccs3)CC2)c1. The molecule has 1 aliphatic heterocycles. The van der Waals surface area contributed by atoms with E-state index < -0.39 is 0 Å². The molecule has 1 fully saturated rings. The van der Waals surface area contributed by atoms with Gasteiger partial charge in [0.05, 0.1) is 11.4 Å². The van der Waals surface area contributed by atoms with Crippen molar-refractivity contribution < 1.29 is 14.4 Å². The van der Waals surface area contributed by atoms with Gasteiger partial charge in [0, 0.05) is 44.5 Å². The summed E-state index contributed by atoms with van der Waals surface area (Å²) >= 11 is 1.43. The summed E-state index contributed by atoms with van der Waals surface area (Å²) in [5, 5.41) is 7.83. The fourth-order valence-corrected chi connectivity index (χ4v) is 3.92. The van der Waals surface area contributed by atoms with Gasteiger partial charge in [-0.3, -0.25) is 19.3 Å². The Hall–Kier alpha value is -2.71. The third-order valence-electron chi connectivity index (χ3n) is 4.83. The largest absolute Gasteiger partial charge is 0.349 e. The summed E-state index contributed by atoms with van der Waals surface area (Å²) in [5.74, 6) is -0.239. The second kappa shape index (κ2) is 9.67. The lowest BCUT2D eigenvalue weighted by molar-refractivity contribution is -0.117. The summed E-state index contributed by atoms with van der Waals surface area (Å²) in [6.45, 7) is 1.79. The zero-order chi connectivity index (χ0) is 20.8. The van der Waals surface area contributed by atoms with E-state index in [9.17, 15) is 14.4 Å². The van der Waals surface area contributed by atoms with Crippen LogP contribution < -0.4 is 10.6 Å². The quantitative estimate of drug-likeness (QED) is 0.760. The Balaban J connectivity index is 1.45. The Labute approximate surface area is 174 Å². The second-order valence-corrected chi connectivity index (χ2v) is 8.28. The van der Waals surface area contributed by atoms with Gasteiger partial charge in [0.15, 0.2) is 0 Å².